The molecule has 0 aromatic rings. The number of nitrogens with zero attached hydrogens (tertiary/aromatic N) is 1. The van der Waals surface area contributed by atoms with E-state index in [1.54, 1.807) is 12.0 Å². The van der Waals surface area contributed by atoms with Crippen molar-refractivity contribution >= 4 is 11.8 Å². The van der Waals surface area contributed by atoms with Gasteiger partial charge < -0.3 is 15.0 Å². The molecular formula is C15H28N2O3. The van der Waals surface area contributed by atoms with Crippen molar-refractivity contribution < 1.29 is 14.3 Å². The van der Waals surface area contributed by atoms with Gasteiger partial charge in [-0.3, -0.25) is 9.59 Å². The molecule has 2 atom stereocenters. The zero-order valence-corrected chi connectivity index (χ0v) is 13.5. The van der Waals surface area contributed by atoms with E-state index in [1.807, 2.05) is 34.6 Å². The van der Waals surface area contributed by atoms with Crippen molar-refractivity contribution in [2.75, 3.05) is 20.3 Å². The van der Waals surface area contributed by atoms with Crippen molar-refractivity contribution in [2.24, 2.45) is 11.3 Å². The van der Waals surface area contributed by atoms with E-state index in [-0.39, 0.29) is 23.1 Å². The van der Waals surface area contributed by atoms with Crippen LogP contribution in [0.1, 0.15) is 41.0 Å². The molecule has 0 aliphatic carbocycles. The van der Waals surface area contributed by atoms with Crippen molar-refractivity contribution in [2.45, 2.75) is 53.1 Å². The lowest BCUT2D eigenvalue weighted by molar-refractivity contribution is -0.155. The van der Waals surface area contributed by atoms with Gasteiger partial charge in [0.2, 0.25) is 11.8 Å². The summed E-state index contributed by atoms with van der Waals surface area (Å²) in [5, 5.41) is 2.88. The first kappa shape index (κ1) is 17.0. The standard InChI is InChI=1S/C15H28N2O3/c1-10(2)11-14(19)17(8-7-9-20-6)12(13(18)16-11)15(3,4)5/h10-12H,7-9H2,1-6H3,(H,16,18). The molecule has 0 radical (unpaired) electrons. The Morgan fingerprint density at radius 1 is 1.30 bits per heavy atom. The minimum Gasteiger partial charge on any atom is -0.385 e. The molecule has 1 aliphatic heterocycles. The van der Waals surface area contributed by atoms with Crippen molar-refractivity contribution in [3.05, 3.63) is 0 Å². The highest BCUT2D eigenvalue weighted by atomic mass is 16.5. The maximum absolute atomic E-state index is 12.6. The smallest absolute Gasteiger partial charge is 0.246 e. The van der Waals surface area contributed by atoms with E-state index in [0.717, 1.165) is 6.42 Å². The SMILES string of the molecule is COCCCN1C(=O)C(C(C)C)NC(=O)C1C(C)(C)C. The highest BCUT2D eigenvalue weighted by Gasteiger charge is 2.46. The number of piperazine rings is 1. The van der Waals surface area contributed by atoms with Crippen LogP contribution in [0.2, 0.25) is 0 Å². The van der Waals surface area contributed by atoms with Gasteiger partial charge in [-0.1, -0.05) is 34.6 Å². The van der Waals surface area contributed by atoms with Gasteiger partial charge in [-0.25, -0.2) is 0 Å². The number of rotatable bonds is 5. The molecular weight excluding hydrogens is 256 g/mol. The molecule has 1 saturated heterocycles. The molecule has 5 nitrogen and oxygen atoms in total. The third-order valence-electron chi connectivity index (χ3n) is 3.64. The molecule has 1 heterocycles. The van der Waals surface area contributed by atoms with Gasteiger partial charge in [0, 0.05) is 20.3 Å². The van der Waals surface area contributed by atoms with E-state index in [4.69, 9.17) is 4.74 Å². The molecule has 0 saturated carbocycles. The van der Waals surface area contributed by atoms with Crippen molar-refractivity contribution in [1.82, 2.24) is 10.2 Å². The summed E-state index contributed by atoms with van der Waals surface area (Å²) in [5.41, 5.74) is -0.283. The summed E-state index contributed by atoms with van der Waals surface area (Å²) in [6, 6.07) is -0.828. The van der Waals surface area contributed by atoms with Gasteiger partial charge in [-0.15, -0.1) is 0 Å². The number of ether oxygens (including phenoxy) is 1. The van der Waals surface area contributed by atoms with Gasteiger partial charge in [0.15, 0.2) is 0 Å². The summed E-state index contributed by atoms with van der Waals surface area (Å²) >= 11 is 0. The molecule has 0 bridgehead atoms. The third kappa shape index (κ3) is 3.72. The minimum absolute atomic E-state index is 0.0237. The van der Waals surface area contributed by atoms with Crippen LogP contribution in [0.3, 0.4) is 0 Å². The summed E-state index contributed by atoms with van der Waals surface area (Å²) in [6.45, 7) is 11.0. The van der Waals surface area contributed by atoms with Crippen LogP contribution in [0.4, 0.5) is 0 Å². The fourth-order valence-electron chi connectivity index (χ4n) is 2.67. The van der Waals surface area contributed by atoms with Crippen LogP contribution in [-0.2, 0) is 14.3 Å². The first-order chi connectivity index (χ1) is 9.20. The molecule has 2 amide bonds. The maximum atomic E-state index is 12.6. The van der Waals surface area contributed by atoms with E-state index < -0.39 is 12.1 Å². The van der Waals surface area contributed by atoms with Gasteiger partial charge in [-0.05, 0) is 17.8 Å². The number of carbonyl (C=O) groups excluding carboxylic acids is 2. The predicted octanol–water partition coefficient (Wildman–Crippen LogP) is 1.42. The van der Waals surface area contributed by atoms with Gasteiger partial charge in [-0.2, -0.15) is 0 Å². The zero-order chi connectivity index (χ0) is 15.5. The lowest BCUT2D eigenvalue weighted by Gasteiger charge is -2.45. The topological polar surface area (TPSA) is 58.6 Å². The largest absolute Gasteiger partial charge is 0.385 e. The second-order valence-electron chi connectivity index (χ2n) is 6.88. The highest BCUT2D eigenvalue weighted by molar-refractivity contribution is 5.97. The van der Waals surface area contributed by atoms with E-state index in [1.165, 1.54) is 0 Å². The Bertz CT molecular complexity index is 361. The number of amides is 2. The lowest BCUT2D eigenvalue weighted by atomic mass is 9.82. The summed E-state index contributed by atoms with van der Waals surface area (Å²) in [6.07, 6.45) is 0.743. The Morgan fingerprint density at radius 2 is 1.90 bits per heavy atom. The van der Waals surface area contributed by atoms with Crippen LogP contribution in [0.25, 0.3) is 0 Å². The van der Waals surface area contributed by atoms with Crippen LogP contribution in [0.5, 0.6) is 0 Å². The van der Waals surface area contributed by atoms with Crippen LogP contribution >= 0.6 is 0 Å². The summed E-state index contributed by atoms with van der Waals surface area (Å²) < 4.78 is 5.05. The van der Waals surface area contributed by atoms with Crippen LogP contribution in [0.15, 0.2) is 0 Å². The van der Waals surface area contributed by atoms with Gasteiger partial charge in [0.25, 0.3) is 0 Å². The van der Waals surface area contributed by atoms with E-state index in [2.05, 4.69) is 5.32 Å². The Labute approximate surface area is 122 Å². The fourth-order valence-corrected chi connectivity index (χ4v) is 2.67. The second kappa shape index (κ2) is 6.57. The number of carbonyl (C=O) groups is 2. The Balaban J connectivity index is 2.97. The number of nitrogens with one attached hydrogen (secondary N) is 1. The first-order valence-electron chi connectivity index (χ1n) is 7.30. The van der Waals surface area contributed by atoms with Crippen LogP contribution < -0.4 is 5.32 Å². The molecule has 1 aliphatic rings. The lowest BCUT2D eigenvalue weighted by Crippen LogP contribution is -2.67. The molecule has 1 fully saturated rings. The van der Waals surface area contributed by atoms with Gasteiger partial charge in [0.05, 0.1) is 0 Å². The third-order valence-corrected chi connectivity index (χ3v) is 3.64. The molecule has 2 unspecified atom stereocenters. The van der Waals surface area contributed by atoms with Crippen molar-refractivity contribution in [3.8, 4) is 0 Å². The van der Waals surface area contributed by atoms with Crippen molar-refractivity contribution in [1.29, 1.82) is 0 Å². The van der Waals surface area contributed by atoms with Gasteiger partial charge >= 0.3 is 0 Å². The number of hydrogen-bond donors (Lipinski definition) is 1. The molecule has 20 heavy (non-hydrogen) atoms. The van der Waals surface area contributed by atoms with Crippen LogP contribution in [0, 0.1) is 11.3 Å². The zero-order valence-electron chi connectivity index (χ0n) is 13.5. The summed E-state index contributed by atoms with van der Waals surface area (Å²) in [5.74, 6) is 0.0705. The Kier molecular flexibility index (Phi) is 5.57. The maximum Gasteiger partial charge on any atom is 0.246 e. The molecule has 1 rings (SSSR count). The number of hydrogen-bond acceptors (Lipinski definition) is 3. The number of methoxy groups -OCH3 is 1. The van der Waals surface area contributed by atoms with Crippen molar-refractivity contribution in [3.63, 3.8) is 0 Å². The Morgan fingerprint density at radius 3 is 2.35 bits per heavy atom. The Hall–Kier alpha value is -1.10. The molecule has 0 aromatic carbocycles. The normalized spacial score (nSPS) is 24.2. The highest BCUT2D eigenvalue weighted by Crippen LogP contribution is 2.29. The van der Waals surface area contributed by atoms with E-state index in [9.17, 15) is 9.59 Å². The molecule has 116 valence electrons. The quantitative estimate of drug-likeness (QED) is 0.777. The average Bonchev–Trinajstić information content (AvgIpc) is 2.31. The fraction of sp³-hybridized carbons (Fsp3) is 0.867. The monoisotopic (exact) mass is 284 g/mol. The average molecular weight is 284 g/mol. The molecule has 0 aromatic heterocycles. The minimum atomic E-state index is -0.415. The second-order valence-corrected chi connectivity index (χ2v) is 6.88. The molecule has 5 heteroatoms. The summed E-state index contributed by atoms with van der Waals surface area (Å²) in [7, 11) is 1.64. The molecule has 1 N–H and O–H groups in total. The van der Waals surface area contributed by atoms with Crippen LogP contribution in [-0.4, -0.2) is 49.1 Å². The first-order valence-corrected chi connectivity index (χ1v) is 7.30. The van der Waals surface area contributed by atoms with E-state index in [0.29, 0.717) is 13.2 Å². The van der Waals surface area contributed by atoms with Gasteiger partial charge in [0.1, 0.15) is 12.1 Å². The van der Waals surface area contributed by atoms with E-state index >= 15 is 0 Å². The predicted molar refractivity (Wildman–Crippen MR) is 78.2 cm³/mol. The summed E-state index contributed by atoms with van der Waals surface area (Å²) in [4.78, 5) is 26.8. The molecule has 0 spiro atoms.